The van der Waals surface area contributed by atoms with Crippen LogP contribution in [0.3, 0.4) is 0 Å². The molecular formula is C15H20. The number of benzene rings is 1. The molecule has 1 aromatic rings. The van der Waals surface area contributed by atoms with E-state index in [1.165, 1.54) is 11.1 Å². The van der Waals surface area contributed by atoms with Crippen LogP contribution < -0.4 is 0 Å². The van der Waals surface area contributed by atoms with Crippen molar-refractivity contribution >= 4 is 0 Å². The van der Waals surface area contributed by atoms with E-state index in [1.807, 2.05) is 0 Å². The van der Waals surface area contributed by atoms with Gasteiger partial charge in [-0.25, -0.2) is 0 Å². The zero-order valence-corrected chi connectivity index (χ0v) is 10.1. The molecule has 2 atom stereocenters. The molecule has 2 unspecified atom stereocenters. The topological polar surface area (TPSA) is 0 Å². The van der Waals surface area contributed by atoms with Crippen molar-refractivity contribution in [3.8, 4) is 0 Å². The highest BCUT2D eigenvalue weighted by molar-refractivity contribution is 5.43. The summed E-state index contributed by atoms with van der Waals surface area (Å²) in [5.74, 6) is 2.40. The number of hydrogen-bond donors (Lipinski definition) is 0. The molecule has 2 rings (SSSR count). The van der Waals surface area contributed by atoms with Crippen LogP contribution in [-0.4, -0.2) is 0 Å². The quantitative estimate of drug-likeness (QED) is 0.669. The Balaban J connectivity index is 2.39. The maximum absolute atomic E-state index is 3.76. The molecule has 0 aliphatic heterocycles. The van der Waals surface area contributed by atoms with E-state index in [0.717, 1.165) is 0 Å². The van der Waals surface area contributed by atoms with E-state index in [9.17, 15) is 0 Å². The zero-order valence-electron chi connectivity index (χ0n) is 10.1. The summed E-state index contributed by atoms with van der Waals surface area (Å²) in [5.41, 5.74) is 3.01. The lowest BCUT2D eigenvalue weighted by molar-refractivity contribution is 0.502. The molecule has 0 fully saturated rings. The summed E-state index contributed by atoms with van der Waals surface area (Å²) in [6, 6.07) is 8.85. The van der Waals surface area contributed by atoms with Gasteiger partial charge in [0.2, 0.25) is 0 Å². The highest BCUT2D eigenvalue weighted by Crippen LogP contribution is 2.47. The van der Waals surface area contributed by atoms with Gasteiger partial charge in [0.05, 0.1) is 0 Å². The number of fused-ring (bicyclic) bond motifs is 1. The van der Waals surface area contributed by atoms with E-state index in [4.69, 9.17) is 0 Å². The van der Waals surface area contributed by atoms with Crippen LogP contribution in [0.15, 0.2) is 24.3 Å². The molecule has 0 spiro atoms. The normalized spacial score (nSPS) is 24.9. The summed E-state index contributed by atoms with van der Waals surface area (Å²) in [6.45, 7) is 9.16. The van der Waals surface area contributed by atoms with E-state index in [1.54, 1.807) is 0 Å². The van der Waals surface area contributed by atoms with Crippen molar-refractivity contribution in [2.45, 2.75) is 39.5 Å². The van der Waals surface area contributed by atoms with E-state index in [2.05, 4.69) is 58.4 Å². The summed E-state index contributed by atoms with van der Waals surface area (Å²) < 4.78 is 0. The van der Waals surface area contributed by atoms with Crippen LogP contribution in [0.1, 0.15) is 50.7 Å². The molecule has 0 nitrogen and oxygen atoms in total. The van der Waals surface area contributed by atoms with E-state index < -0.39 is 0 Å². The van der Waals surface area contributed by atoms with Crippen molar-refractivity contribution < 1.29 is 0 Å². The van der Waals surface area contributed by atoms with Gasteiger partial charge in [0.1, 0.15) is 0 Å². The minimum atomic E-state index is 0.536. The summed E-state index contributed by atoms with van der Waals surface area (Å²) >= 11 is 0. The molecule has 0 aromatic heterocycles. The van der Waals surface area contributed by atoms with Gasteiger partial charge in [-0.1, -0.05) is 52.0 Å². The number of hydrogen-bond acceptors (Lipinski definition) is 0. The van der Waals surface area contributed by atoms with Gasteiger partial charge in [-0.05, 0) is 41.2 Å². The third-order valence-corrected chi connectivity index (χ3v) is 3.36. The van der Waals surface area contributed by atoms with Crippen LogP contribution in [0, 0.1) is 18.3 Å². The molecule has 2 radical (unpaired) electrons. The van der Waals surface area contributed by atoms with Crippen molar-refractivity contribution in [3.63, 3.8) is 0 Å². The molecule has 0 bridgehead atoms. The molecule has 0 heteroatoms. The summed E-state index contributed by atoms with van der Waals surface area (Å²) in [7, 11) is 0. The van der Waals surface area contributed by atoms with Crippen molar-refractivity contribution in [1.29, 1.82) is 0 Å². The predicted molar refractivity (Wildman–Crippen MR) is 64.8 cm³/mol. The third kappa shape index (κ3) is 1.82. The standard InChI is InChI=1S/C15H20/c1-10(2)14-9-15(11(3)4)13-8-6-5-7-12(13)14/h5-8,10-11,14-15H,1-4H3. The Hall–Kier alpha value is -0.780. The molecule has 0 N–H and O–H groups in total. The minimum Gasteiger partial charge on any atom is -0.0622 e. The Labute approximate surface area is 93.7 Å². The molecule has 15 heavy (non-hydrogen) atoms. The molecule has 0 saturated heterocycles. The Morgan fingerprint density at radius 2 is 1.27 bits per heavy atom. The first-order chi connectivity index (χ1) is 7.11. The predicted octanol–water partition coefficient (Wildman–Crippen LogP) is 4.26. The maximum atomic E-state index is 3.76. The lowest BCUT2D eigenvalue weighted by Crippen LogP contribution is -2.06. The Kier molecular flexibility index (Phi) is 2.86. The van der Waals surface area contributed by atoms with Gasteiger partial charge >= 0.3 is 0 Å². The fraction of sp³-hybridized carbons (Fsp3) is 0.533. The van der Waals surface area contributed by atoms with Crippen LogP contribution >= 0.6 is 0 Å². The molecular weight excluding hydrogens is 180 g/mol. The summed E-state index contributed by atoms with van der Waals surface area (Å²) in [4.78, 5) is 0. The van der Waals surface area contributed by atoms with Crippen LogP contribution in [0.25, 0.3) is 0 Å². The van der Waals surface area contributed by atoms with Gasteiger partial charge in [-0.3, -0.25) is 0 Å². The minimum absolute atomic E-state index is 0.536. The summed E-state index contributed by atoms with van der Waals surface area (Å²) in [6.07, 6.45) is 3.76. The molecule has 0 saturated carbocycles. The van der Waals surface area contributed by atoms with Gasteiger partial charge in [-0.15, -0.1) is 0 Å². The first kappa shape index (κ1) is 10.7. The van der Waals surface area contributed by atoms with Crippen molar-refractivity contribution in [3.05, 3.63) is 41.8 Å². The lowest BCUT2D eigenvalue weighted by Gasteiger charge is -2.17. The fourth-order valence-electron chi connectivity index (χ4n) is 2.55. The van der Waals surface area contributed by atoms with Gasteiger partial charge in [-0.2, -0.15) is 0 Å². The van der Waals surface area contributed by atoms with Crippen LogP contribution in [0.2, 0.25) is 0 Å². The monoisotopic (exact) mass is 200 g/mol. The van der Waals surface area contributed by atoms with Crippen molar-refractivity contribution in [1.82, 2.24) is 0 Å². The lowest BCUT2D eigenvalue weighted by atomic mass is 9.87. The molecule has 1 aromatic carbocycles. The second kappa shape index (κ2) is 4.00. The molecule has 1 aliphatic rings. The van der Waals surface area contributed by atoms with E-state index >= 15 is 0 Å². The van der Waals surface area contributed by atoms with Crippen LogP contribution in [0.5, 0.6) is 0 Å². The second-order valence-corrected chi connectivity index (χ2v) is 5.24. The van der Waals surface area contributed by atoms with Crippen molar-refractivity contribution in [2.75, 3.05) is 0 Å². The average molecular weight is 200 g/mol. The molecule has 0 amide bonds. The van der Waals surface area contributed by atoms with Gasteiger partial charge in [0, 0.05) is 0 Å². The van der Waals surface area contributed by atoms with Crippen LogP contribution in [0.4, 0.5) is 0 Å². The first-order valence-corrected chi connectivity index (χ1v) is 5.96. The maximum Gasteiger partial charge on any atom is -0.000631 e. The highest BCUT2D eigenvalue weighted by Gasteiger charge is 2.34. The highest BCUT2D eigenvalue weighted by atomic mass is 14.4. The Morgan fingerprint density at radius 3 is 1.60 bits per heavy atom. The molecule has 0 heterocycles. The first-order valence-electron chi connectivity index (χ1n) is 5.96. The number of rotatable bonds is 2. The second-order valence-electron chi connectivity index (χ2n) is 5.24. The Bertz CT molecular complexity index is 303. The van der Waals surface area contributed by atoms with E-state index in [0.29, 0.717) is 23.7 Å². The average Bonchev–Trinajstić information content (AvgIpc) is 2.56. The van der Waals surface area contributed by atoms with E-state index in [-0.39, 0.29) is 0 Å². The fourth-order valence-corrected chi connectivity index (χ4v) is 2.55. The molecule has 80 valence electrons. The van der Waals surface area contributed by atoms with Gasteiger partial charge in [0.15, 0.2) is 0 Å². The van der Waals surface area contributed by atoms with Gasteiger partial charge in [0.25, 0.3) is 0 Å². The van der Waals surface area contributed by atoms with Crippen LogP contribution in [-0.2, 0) is 0 Å². The largest absolute Gasteiger partial charge is 0.0622 e. The third-order valence-electron chi connectivity index (χ3n) is 3.36. The Morgan fingerprint density at radius 1 is 0.867 bits per heavy atom. The van der Waals surface area contributed by atoms with Gasteiger partial charge < -0.3 is 0 Å². The smallest absolute Gasteiger partial charge is 0.000631 e. The van der Waals surface area contributed by atoms with Crippen molar-refractivity contribution in [2.24, 2.45) is 11.8 Å². The molecule has 1 aliphatic carbocycles. The zero-order chi connectivity index (χ0) is 11.0. The SMILES string of the molecule is CC(C)C1[C]C(C(C)C)c2ccccc21. The summed E-state index contributed by atoms with van der Waals surface area (Å²) in [5, 5.41) is 0.